The normalized spacial score (nSPS) is 18.8. The summed E-state index contributed by atoms with van der Waals surface area (Å²) in [5, 5.41) is 0.905. The van der Waals surface area contributed by atoms with E-state index in [-0.39, 0.29) is 0 Å². The first-order valence-corrected chi connectivity index (χ1v) is 4.11. The van der Waals surface area contributed by atoms with E-state index in [0.717, 1.165) is 18.2 Å². The summed E-state index contributed by atoms with van der Waals surface area (Å²) < 4.78 is 5.06. The monoisotopic (exact) mass is 155 g/mol. The summed E-state index contributed by atoms with van der Waals surface area (Å²) in [4.78, 5) is 1.36. The van der Waals surface area contributed by atoms with E-state index in [1.165, 1.54) is 4.88 Å². The first kappa shape index (κ1) is 6.19. The zero-order chi connectivity index (χ0) is 6.97. The number of nitrogen functional groups attached to an aromatic ring is 1. The maximum Gasteiger partial charge on any atom is 0.0859 e. The predicted molar refractivity (Wildman–Crippen MR) is 42.3 cm³/mol. The topological polar surface area (TPSA) is 35.2 Å². The second kappa shape index (κ2) is 2.25. The van der Waals surface area contributed by atoms with E-state index in [1.54, 1.807) is 11.3 Å². The smallest absolute Gasteiger partial charge is 0.0859 e. The van der Waals surface area contributed by atoms with Crippen molar-refractivity contribution in [3.63, 3.8) is 0 Å². The molecule has 0 bridgehead atoms. The van der Waals surface area contributed by atoms with Crippen LogP contribution in [0, 0.1) is 0 Å². The van der Waals surface area contributed by atoms with Gasteiger partial charge in [0, 0.05) is 10.8 Å². The molecule has 0 saturated carbocycles. The third-order valence-corrected chi connectivity index (χ3v) is 2.76. The molecule has 3 heteroatoms. The Morgan fingerprint density at radius 2 is 2.30 bits per heavy atom. The second-order valence-corrected chi connectivity index (χ2v) is 3.62. The molecule has 2 nitrogen and oxygen atoms in total. The van der Waals surface area contributed by atoms with Crippen LogP contribution in [-0.2, 0) is 4.74 Å². The minimum atomic E-state index is 0.627. The Hall–Kier alpha value is -0.540. The maximum absolute atomic E-state index is 5.57. The van der Waals surface area contributed by atoms with Crippen molar-refractivity contribution < 1.29 is 4.74 Å². The molecule has 1 aromatic heterocycles. The van der Waals surface area contributed by atoms with Gasteiger partial charge in [-0.25, -0.2) is 0 Å². The molecule has 1 aliphatic heterocycles. The highest BCUT2D eigenvalue weighted by molar-refractivity contribution is 7.15. The van der Waals surface area contributed by atoms with E-state index in [9.17, 15) is 0 Å². The molecule has 0 amide bonds. The van der Waals surface area contributed by atoms with Gasteiger partial charge >= 0.3 is 0 Å². The molecule has 10 heavy (non-hydrogen) atoms. The number of anilines is 1. The van der Waals surface area contributed by atoms with Crippen LogP contribution in [0.3, 0.4) is 0 Å². The van der Waals surface area contributed by atoms with Crippen molar-refractivity contribution in [3.05, 3.63) is 17.0 Å². The van der Waals surface area contributed by atoms with Gasteiger partial charge in [-0.2, -0.15) is 0 Å². The van der Waals surface area contributed by atoms with Crippen molar-refractivity contribution >= 4 is 16.3 Å². The van der Waals surface area contributed by atoms with Gasteiger partial charge in [-0.3, -0.25) is 0 Å². The van der Waals surface area contributed by atoms with Crippen molar-refractivity contribution in [1.29, 1.82) is 0 Å². The van der Waals surface area contributed by atoms with Crippen LogP contribution in [0.1, 0.15) is 10.8 Å². The summed E-state index contributed by atoms with van der Waals surface area (Å²) in [6, 6.07) is 4.05. The molecule has 1 fully saturated rings. The highest BCUT2D eigenvalue weighted by atomic mass is 32.1. The SMILES string of the molecule is Nc1ccc(C2COC2)s1. The minimum absolute atomic E-state index is 0.627. The van der Waals surface area contributed by atoms with Crippen LogP contribution in [0.5, 0.6) is 0 Å². The lowest BCUT2D eigenvalue weighted by Gasteiger charge is -2.24. The average Bonchev–Trinajstić information content (AvgIpc) is 2.10. The fraction of sp³-hybridized carbons (Fsp3) is 0.429. The van der Waals surface area contributed by atoms with E-state index in [2.05, 4.69) is 6.07 Å². The molecule has 1 aromatic rings. The number of thiophene rings is 1. The number of hydrogen-bond acceptors (Lipinski definition) is 3. The van der Waals surface area contributed by atoms with E-state index in [4.69, 9.17) is 10.5 Å². The highest BCUT2D eigenvalue weighted by Crippen LogP contribution is 2.30. The van der Waals surface area contributed by atoms with Gasteiger partial charge in [0.05, 0.1) is 18.2 Å². The number of ether oxygens (including phenoxy) is 1. The average molecular weight is 155 g/mol. The standard InChI is InChI=1S/C7H9NOS/c8-7-2-1-6(10-7)5-3-9-4-5/h1-2,5H,3-4,8H2. The van der Waals surface area contributed by atoms with Crippen LogP contribution in [0.4, 0.5) is 5.00 Å². The molecule has 2 heterocycles. The van der Waals surface area contributed by atoms with E-state index >= 15 is 0 Å². The molecule has 0 aliphatic carbocycles. The van der Waals surface area contributed by atoms with Crippen LogP contribution in [-0.4, -0.2) is 13.2 Å². The first-order valence-electron chi connectivity index (χ1n) is 3.29. The van der Waals surface area contributed by atoms with Crippen molar-refractivity contribution in [2.75, 3.05) is 18.9 Å². The van der Waals surface area contributed by atoms with Crippen LogP contribution < -0.4 is 5.73 Å². The Balaban J connectivity index is 2.17. The van der Waals surface area contributed by atoms with Crippen LogP contribution in [0.15, 0.2) is 12.1 Å². The molecule has 2 rings (SSSR count). The summed E-state index contributed by atoms with van der Waals surface area (Å²) in [6.07, 6.45) is 0. The molecule has 0 aromatic carbocycles. The van der Waals surface area contributed by atoms with Gasteiger partial charge in [0.1, 0.15) is 0 Å². The lowest BCUT2D eigenvalue weighted by Crippen LogP contribution is -2.23. The lowest BCUT2D eigenvalue weighted by molar-refractivity contribution is 0.00988. The summed E-state index contributed by atoms with van der Waals surface area (Å²) in [6.45, 7) is 1.75. The summed E-state index contributed by atoms with van der Waals surface area (Å²) in [5.41, 5.74) is 5.57. The molecule has 0 radical (unpaired) electrons. The van der Waals surface area contributed by atoms with Crippen LogP contribution >= 0.6 is 11.3 Å². The zero-order valence-corrected chi connectivity index (χ0v) is 6.36. The first-order chi connectivity index (χ1) is 4.86. The lowest BCUT2D eigenvalue weighted by atomic mass is 10.1. The van der Waals surface area contributed by atoms with Gasteiger partial charge in [0.25, 0.3) is 0 Å². The quantitative estimate of drug-likeness (QED) is 0.666. The van der Waals surface area contributed by atoms with E-state index in [1.807, 2.05) is 6.07 Å². The largest absolute Gasteiger partial charge is 0.391 e. The van der Waals surface area contributed by atoms with Gasteiger partial charge in [0.15, 0.2) is 0 Å². The highest BCUT2D eigenvalue weighted by Gasteiger charge is 2.21. The van der Waals surface area contributed by atoms with Crippen LogP contribution in [0.2, 0.25) is 0 Å². The number of nitrogens with two attached hydrogens (primary N) is 1. The van der Waals surface area contributed by atoms with Crippen molar-refractivity contribution in [3.8, 4) is 0 Å². The van der Waals surface area contributed by atoms with Gasteiger partial charge in [0.2, 0.25) is 0 Å². The Kier molecular flexibility index (Phi) is 1.39. The van der Waals surface area contributed by atoms with Gasteiger partial charge in [-0.05, 0) is 12.1 Å². The van der Waals surface area contributed by atoms with E-state index < -0.39 is 0 Å². The molecule has 2 N–H and O–H groups in total. The molecule has 0 atom stereocenters. The van der Waals surface area contributed by atoms with Gasteiger partial charge in [-0.1, -0.05) is 0 Å². The number of rotatable bonds is 1. The molecule has 0 spiro atoms. The minimum Gasteiger partial charge on any atom is -0.391 e. The summed E-state index contributed by atoms with van der Waals surface area (Å²) in [5.74, 6) is 0.627. The van der Waals surface area contributed by atoms with Crippen molar-refractivity contribution in [2.24, 2.45) is 0 Å². The number of hydrogen-bond donors (Lipinski definition) is 1. The Labute approximate surface area is 63.6 Å². The predicted octanol–water partition coefficient (Wildman–Crippen LogP) is 1.44. The zero-order valence-electron chi connectivity index (χ0n) is 5.54. The molecule has 0 unspecified atom stereocenters. The third kappa shape index (κ3) is 0.914. The summed E-state index contributed by atoms with van der Waals surface area (Å²) >= 11 is 1.67. The second-order valence-electron chi connectivity index (χ2n) is 2.47. The maximum atomic E-state index is 5.57. The van der Waals surface area contributed by atoms with Crippen molar-refractivity contribution in [1.82, 2.24) is 0 Å². The Morgan fingerprint density at radius 3 is 2.70 bits per heavy atom. The van der Waals surface area contributed by atoms with Crippen LogP contribution in [0.25, 0.3) is 0 Å². The molecule has 54 valence electrons. The fourth-order valence-electron chi connectivity index (χ4n) is 0.988. The van der Waals surface area contributed by atoms with E-state index in [0.29, 0.717) is 5.92 Å². The molecular weight excluding hydrogens is 146 g/mol. The Morgan fingerprint density at radius 1 is 1.50 bits per heavy atom. The van der Waals surface area contributed by atoms with Crippen molar-refractivity contribution in [2.45, 2.75) is 5.92 Å². The fourth-order valence-corrected chi connectivity index (χ4v) is 1.83. The summed E-state index contributed by atoms with van der Waals surface area (Å²) in [7, 11) is 0. The van der Waals surface area contributed by atoms with Gasteiger partial charge in [-0.15, -0.1) is 11.3 Å². The molecule has 1 aliphatic rings. The molecule has 1 saturated heterocycles. The van der Waals surface area contributed by atoms with Gasteiger partial charge < -0.3 is 10.5 Å². The third-order valence-electron chi connectivity index (χ3n) is 1.69. The molecular formula is C7H9NOS. The Bertz CT molecular complexity index is 229.